The summed E-state index contributed by atoms with van der Waals surface area (Å²) >= 11 is 0. The first-order valence-electron chi connectivity index (χ1n) is 10.7. The van der Waals surface area contributed by atoms with Gasteiger partial charge >= 0.3 is 0 Å². The first-order valence-corrected chi connectivity index (χ1v) is 10.7. The number of nitrogens with zero attached hydrogens (tertiary/aromatic N) is 1. The van der Waals surface area contributed by atoms with Crippen LogP contribution < -0.4 is 20.5 Å². The highest BCUT2D eigenvalue weighted by Gasteiger charge is 2.34. The fraction of sp³-hybridized carbons (Fsp3) is 0.375. The zero-order valence-electron chi connectivity index (χ0n) is 18.4. The Kier molecular flexibility index (Phi) is 7.70. The Hall–Kier alpha value is -3.55. The average molecular weight is 440 g/mol. The van der Waals surface area contributed by atoms with Crippen LogP contribution in [0.2, 0.25) is 0 Å². The molecule has 0 bridgehead atoms. The molecular weight excluding hydrogens is 410 g/mol. The summed E-state index contributed by atoms with van der Waals surface area (Å²) < 4.78 is 10.6. The van der Waals surface area contributed by atoms with Crippen LogP contribution in [0.15, 0.2) is 42.5 Å². The molecule has 3 amide bonds. The van der Waals surface area contributed by atoms with Gasteiger partial charge in [0.05, 0.1) is 7.11 Å². The second-order valence-corrected chi connectivity index (χ2v) is 7.75. The fourth-order valence-corrected chi connectivity index (χ4v) is 3.67. The van der Waals surface area contributed by atoms with E-state index in [2.05, 4.69) is 5.32 Å². The number of hydrogen-bond donors (Lipinski definition) is 2. The molecule has 32 heavy (non-hydrogen) atoms. The number of fused-ring (bicyclic) bond motifs is 1. The number of methoxy groups -OCH3 is 1. The van der Waals surface area contributed by atoms with Crippen molar-refractivity contribution in [2.75, 3.05) is 19.0 Å². The molecule has 0 radical (unpaired) electrons. The number of nitrogens with two attached hydrogens (primary N) is 1. The number of ether oxygens (including phenoxy) is 2. The molecule has 2 aromatic carbocycles. The molecule has 0 spiro atoms. The maximum absolute atomic E-state index is 13.2. The third-order valence-electron chi connectivity index (χ3n) is 5.41. The van der Waals surface area contributed by atoms with E-state index >= 15 is 0 Å². The van der Waals surface area contributed by atoms with E-state index in [1.54, 1.807) is 48.4 Å². The van der Waals surface area contributed by atoms with Gasteiger partial charge in [0, 0.05) is 25.1 Å². The molecule has 3 rings (SSSR count). The smallest absolute Gasteiger partial charge is 0.255 e. The quantitative estimate of drug-likeness (QED) is 0.624. The predicted octanol–water partition coefficient (Wildman–Crippen LogP) is 2.64. The molecule has 8 nitrogen and oxygen atoms in total. The summed E-state index contributed by atoms with van der Waals surface area (Å²) in [7, 11) is 1.58. The normalized spacial score (nSPS) is 14.9. The minimum Gasteiger partial charge on any atom is -0.497 e. The van der Waals surface area contributed by atoms with Crippen LogP contribution in [0.3, 0.4) is 0 Å². The van der Waals surface area contributed by atoms with Crippen LogP contribution in [0, 0.1) is 0 Å². The topological polar surface area (TPSA) is 111 Å². The summed E-state index contributed by atoms with van der Waals surface area (Å²) in [5.41, 5.74) is 7.64. The number of carbonyl (C=O) groups is 3. The Bertz CT molecular complexity index is 974. The van der Waals surface area contributed by atoms with E-state index in [0.29, 0.717) is 36.6 Å². The monoisotopic (exact) mass is 439 g/mol. The molecule has 2 aromatic rings. The maximum Gasteiger partial charge on any atom is 0.255 e. The lowest BCUT2D eigenvalue weighted by molar-refractivity contribution is -0.140. The van der Waals surface area contributed by atoms with Gasteiger partial charge in [0.15, 0.2) is 6.61 Å². The van der Waals surface area contributed by atoms with Crippen LogP contribution in [0.1, 0.15) is 37.3 Å². The molecule has 1 unspecified atom stereocenters. The van der Waals surface area contributed by atoms with Gasteiger partial charge in [0.25, 0.3) is 5.91 Å². The van der Waals surface area contributed by atoms with Crippen LogP contribution >= 0.6 is 0 Å². The molecule has 0 aliphatic carbocycles. The van der Waals surface area contributed by atoms with Crippen molar-refractivity contribution in [2.45, 2.75) is 45.2 Å². The summed E-state index contributed by atoms with van der Waals surface area (Å²) in [5.74, 6) is 0.342. The lowest BCUT2D eigenvalue weighted by atomic mass is 9.92. The number of anilines is 1. The third-order valence-corrected chi connectivity index (χ3v) is 5.41. The summed E-state index contributed by atoms with van der Waals surface area (Å²) in [6.45, 7) is 2.10. The minimum absolute atomic E-state index is 0.0594. The van der Waals surface area contributed by atoms with Crippen molar-refractivity contribution in [3.8, 4) is 11.5 Å². The first-order chi connectivity index (χ1) is 15.4. The van der Waals surface area contributed by atoms with E-state index in [9.17, 15) is 14.4 Å². The second kappa shape index (κ2) is 10.7. The third kappa shape index (κ3) is 5.78. The molecule has 0 saturated heterocycles. The van der Waals surface area contributed by atoms with Crippen LogP contribution in [-0.4, -0.2) is 42.4 Å². The largest absolute Gasteiger partial charge is 0.497 e. The standard InChI is InChI=1S/C24H29N3O5/c1-3-4-5-23(29)27-14-17-12-20(32-15-22(25)28)9-6-16(17)13-21(27)24(30)26-18-7-10-19(31-2)11-8-18/h6-12,21H,3-5,13-15H2,1-2H3,(H2,25,28)(H,26,30). The molecule has 0 fully saturated rings. The molecule has 0 aromatic heterocycles. The highest BCUT2D eigenvalue weighted by atomic mass is 16.5. The number of benzene rings is 2. The maximum atomic E-state index is 13.2. The molecule has 1 aliphatic heterocycles. The molecule has 3 N–H and O–H groups in total. The zero-order valence-corrected chi connectivity index (χ0v) is 18.4. The lowest BCUT2D eigenvalue weighted by Crippen LogP contribution is -2.50. The Morgan fingerprint density at radius 3 is 2.47 bits per heavy atom. The van der Waals surface area contributed by atoms with Gasteiger partial charge in [0.2, 0.25) is 11.8 Å². The Balaban J connectivity index is 1.81. The molecule has 0 saturated carbocycles. The number of nitrogens with one attached hydrogen (secondary N) is 1. The Morgan fingerprint density at radius 1 is 1.09 bits per heavy atom. The molecule has 1 atom stereocenters. The molecular formula is C24H29N3O5. The van der Waals surface area contributed by atoms with Crippen molar-refractivity contribution >= 4 is 23.4 Å². The van der Waals surface area contributed by atoms with E-state index in [-0.39, 0.29) is 18.4 Å². The van der Waals surface area contributed by atoms with E-state index in [1.807, 2.05) is 13.0 Å². The van der Waals surface area contributed by atoms with Gasteiger partial charge in [-0.1, -0.05) is 19.4 Å². The van der Waals surface area contributed by atoms with Crippen LogP contribution in [0.4, 0.5) is 5.69 Å². The van der Waals surface area contributed by atoms with E-state index in [1.165, 1.54) is 0 Å². The molecule has 170 valence electrons. The Morgan fingerprint density at radius 2 is 1.81 bits per heavy atom. The van der Waals surface area contributed by atoms with Crippen LogP contribution in [0.25, 0.3) is 0 Å². The van der Waals surface area contributed by atoms with Crippen molar-refractivity contribution < 1.29 is 23.9 Å². The predicted molar refractivity (Wildman–Crippen MR) is 120 cm³/mol. The van der Waals surface area contributed by atoms with Crippen molar-refractivity contribution in [1.82, 2.24) is 4.90 Å². The SMILES string of the molecule is CCCCC(=O)N1Cc2cc(OCC(N)=O)ccc2CC1C(=O)Nc1ccc(OC)cc1. The van der Waals surface area contributed by atoms with Crippen LogP contribution in [0.5, 0.6) is 11.5 Å². The number of unbranched alkanes of at least 4 members (excludes halogenated alkanes) is 1. The van der Waals surface area contributed by atoms with Gasteiger partial charge in [-0.25, -0.2) is 0 Å². The number of carbonyl (C=O) groups excluding carboxylic acids is 3. The second-order valence-electron chi connectivity index (χ2n) is 7.75. The number of rotatable bonds is 9. The summed E-state index contributed by atoms with van der Waals surface area (Å²) in [6, 6.07) is 11.9. The number of hydrogen-bond acceptors (Lipinski definition) is 5. The van der Waals surface area contributed by atoms with Gasteiger partial charge in [-0.05, 0) is 53.9 Å². The first kappa shape index (κ1) is 23.1. The van der Waals surface area contributed by atoms with Crippen LogP contribution in [-0.2, 0) is 27.3 Å². The Labute approximate surface area is 187 Å². The van der Waals surface area contributed by atoms with Crippen molar-refractivity contribution in [1.29, 1.82) is 0 Å². The van der Waals surface area contributed by atoms with Crippen molar-refractivity contribution in [3.05, 3.63) is 53.6 Å². The van der Waals surface area contributed by atoms with E-state index in [4.69, 9.17) is 15.2 Å². The fourth-order valence-electron chi connectivity index (χ4n) is 3.67. The van der Waals surface area contributed by atoms with Gasteiger partial charge in [-0.15, -0.1) is 0 Å². The van der Waals surface area contributed by atoms with Crippen molar-refractivity contribution in [3.63, 3.8) is 0 Å². The molecule has 1 heterocycles. The lowest BCUT2D eigenvalue weighted by Gasteiger charge is -2.36. The number of amides is 3. The number of primary amides is 1. The highest BCUT2D eigenvalue weighted by molar-refractivity contribution is 5.97. The van der Waals surface area contributed by atoms with Gasteiger partial charge in [-0.2, -0.15) is 0 Å². The summed E-state index contributed by atoms with van der Waals surface area (Å²) in [6.07, 6.45) is 2.43. The minimum atomic E-state index is -0.619. The molecule has 1 aliphatic rings. The highest BCUT2D eigenvalue weighted by Crippen LogP contribution is 2.29. The van der Waals surface area contributed by atoms with Gasteiger partial charge < -0.3 is 25.4 Å². The van der Waals surface area contributed by atoms with Gasteiger partial charge in [0.1, 0.15) is 17.5 Å². The zero-order chi connectivity index (χ0) is 23.1. The van der Waals surface area contributed by atoms with Gasteiger partial charge in [-0.3, -0.25) is 14.4 Å². The van der Waals surface area contributed by atoms with Crippen molar-refractivity contribution in [2.24, 2.45) is 5.73 Å². The van der Waals surface area contributed by atoms with E-state index < -0.39 is 11.9 Å². The average Bonchev–Trinajstić information content (AvgIpc) is 2.80. The molecule has 8 heteroatoms. The summed E-state index contributed by atoms with van der Waals surface area (Å²) in [4.78, 5) is 38.7. The van der Waals surface area contributed by atoms with E-state index in [0.717, 1.165) is 24.0 Å². The summed E-state index contributed by atoms with van der Waals surface area (Å²) in [5, 5.41) is 2.91.